The van der Waals surface area contributed by atoms with Gasteiger partial charge in [-0.2, -0.15) is 0 Å². The fourth-order valence-electron chi connectivity index (χ4n) is 1.71. The number of furan rings is 1. The molecule has 1 heterocycles. The van der Waals surface area contributed by atoms with Gasteiger partial charge in [0.05, 0.1) is 12.8 Å². The number of amides is 1. The van der Waals surface area contributed by atoms with E-state index in [0.717, 1.165) is 10.5 Å². The summed E-state index contributed by atoms with van der Waals surface area (Å²) in [7, 11) is 0. The number of esters is 1. The fourth-order valence-corrected chi connectivity index (χ4v) is 2.12. The average Bonchev–Trinajstić information content (AvgIpc) is 3.10. The molecule has 0 radical (unpaired) electrons. The van der Waals surface area contributed by atoms with Crippen molar-refractivity contribution in [3.05, 3.63) is 60.1 Å². The number of hydrogen-bond acceptors (Lipinski definition) is 5. The summed E-state index contributed by atoms with van der Waals surface area (Å²) in [6, 6.07) is 11.2. The van der Waals surface area contributed by atoms with Crippen molar-refractivity contribution in [2.75, 3.05) is 12.9 Å². The first-order valence-corrected chi connectivity index (χ1v) is 8.18. The normalized spacial score (nSPS) is 10.7. The van der Waals surface area contributed by atoms with Crippen LogP contribution in [0.25, 0.3) is 6.08 Å². The second-order valence-electron chi connectivity index (χ2n) is 4.57. The molecule has 23 heavy (non-hydrogen) atoms. The molecule has 1 N–H and O–H groups in total. The molecular formula is C17H17NO4S. The Kier molecular flexibility index (Phi) is 6.50. The third-order valence-electron chi connectivity index (χ3n) is 2.91. The Morgan fingerprint density at radius 2 is 2.04 bits per heavy atom. The number of hydrogen-bond donors (Lipinski definition) is 1. The fraction of sp³-hybridized carbons (Fsp3) is 0.176. The van der Waals surface area contributed by atoms with Crippen molar-refractivity contribution >= 4 is 29.7 Å². The van der Waals surface area contributed by atoms with E-state index in [9.17, 15) is 9.59 Å². The van der Waals surface area contributed by atoms with E-state index in [4.69, 9.17) is 9.15 Å². The second kappa shape index (κ2) is 8.85. The summed E-state index contributed by atoms with van der Waals surface area (Å²) in [4.78, 5) is 24.2. The maximum absolute atomic E-state index is 11.6. The molecule has 5 nitrogen and oxygen atoms in total. The molecule has 1 aromatic carbocycles. The Labute approximate surface area is 138 Å². The van der Waals surface area contributed by atoms with Gasteiger partial charge in [-0.15, -0.1) is 11.8 Å². The van der Waals surface area contributed by atoms with Crippen molar-refractivity contribution in [3.63, 3.8) is 0 Å². The van der Waals surface area contributed by atoms with E-state index < -0.39 is 5.97 Å². The average molecular weight is 331 g/mol. The van der Waals surface area contributed by atoms with E-state index in [1.54, 1.807) is 30.0 Å². The third-order valence-corrected chi connectivity index (χ3v) is 3.66. The van der Waals surface area contributed by atoms with Crippen LogP contribution in [0.5, 0.6) is 0 Å². The van der Waals surface area contributed by atoms with Gasteiger partial charge in [0, 0.05) is 11.0 Å². The highest BCUT2D eigenvalue weighted by atomic mass is 32.2. The van der Waals surface area contributed by atoms with Crippen LogP contribution in [0.2, 0.25) is 0 Å². The summed E-state index contributed by atoms with van der Waals surface area (Å²) in [6.07, 6.45) is 6.47. The smallest absolute Gasteiger partial charge is 0.331 e. The molecular weight excluding hydrogens is 314 g/mol. The van der Waals surface area contributed by atoms with Crippen LogP contribution >= 0.6 is 11.8 Å². The summed E-state index contributed by atoms with van der Waals surface area (Å²) in [6.45, 7) is -0.0592. The van der Waals surface area contributed by atoms with Crippen LogP contribution in [0.15, 0.2) is 58.1 Å². The lowest BCUT2D eigenvalue weighted by atomic mass is 10.2. The van der Waals surface area contributed by atoms with E-state index in [1.807, 2.05) is 30.5 Å². The summed E-state index contributed by atoms with van der Waals surface area (Å²) in [5.41, 5.74) is 0.891. The molecule has 1 aromatic heterocycles. The summed E-state index contributed by atoms with van der Waals surface area (Å²) >= 11 is 1.65. The summed E-state index contributed by atoms with van der Waals surface area (Å²) in [5.74, 6) is -0.308. The van der Waals surface area contributed by atoms with Crippen LogP contribution < -0.4 is 5.32 Å². The van der Waals surface area contributed by atoms with Gasteiger partial charge in [-0.1, -0.05) is 12.1 Å². The van der Waals surface area contributed by atoms with Gasteiger partial charge in [-0.3, -0.25) is 4.79 Å². The first-order chi connectivity index (χ1) is 11.2. The lowest BCUT2D eigenvalue weighted by Gasteiger charge is -2.03. The van der Waals surface area contributed by atoms with Crippen molar-refractivity contribution < 1.29 is 18.7 Å². The summed E-state index contributed by atoms with van der Waals surface area (Å²) < 4.78 is 9.95. The molecule has 0 aliphatic rings. The van der Waals surface area contributed by atoms with Crippen LogP contribution in [0, 0.1) is 0 Å². The standard InChI is InChI=1S/C17H17NO4S/c1-23-15-7-4-13(5-8-15)6-9-17(20)22-12-16(19)18-11-14-3-2-10-21-14/h2-10H,11-12H2,1H3,(H,18,19)/b9-6+. The number of rotatable bonds is 7. The van der Waals surface area contributed by atoms with E-state index in [0.29, 0.717) is 5.76 Å². The van der Waals surface area contributed by atoms with Crippen molar-refractivity contribution in [3.8, 4) is 0 Å². The van der Waals surface area contributed by atoms with Crippen LogP contribution in [-0.4, -0.2) is 24.7 Å². The van der Waals surface area contributed by atoms with Gasteiger partial charge in [-0.05, 0) is 42.2 Å². The van der Waals surface area contributed by atoms with Gasteiger partial charge < -0.3 is 14.5 Å². The van der Waals surface area contributed by atoms with Gasteiger partial charge in [0.2, 0.25) is 0 Å². The van der Waals surface area contributed by atoms with E-state index in [2.05, 4.69) is 5.32 Å². The molecule has 0 bridgehead atoms. The summed E-state index contributed by atoms with van der Waals surface area (Å²) in [5, 5.41) is 2.59. The first kappa shape index (κ1) is 16.9. The first-order valence-electron chi connectivity index (χ1n) is 6.95. The number of carbonyl (C=O) groups is 2. The van der Waals surface area contributed by atoms with Crippen LogP contribution in [0.1, 0.15) is 11.3 Å². The maximum Gasteiger partial charge on any atom is 0.331 e. The maximum atomic E-state index is 11.6. The number of ether oxygens (including phenoxy) is 1. The molecule has 0 saturated heterocycles. The van der Waals surface area contributed by atoms with Crippen LogP contribution in [0.4, 0.5) is 0 Å². The molecule has 2 aromatic rings. The van der Waals surface area contributed by atoms with Crippen LogP contribution in [0.3, 0.4) is 0 Å². The molecule has 120 valence electrons. The van der Waals surface area contributed by atoms with E-state index in [1.165, 1.54) is 12.3 Å². The minimum absolute atomic E-state index is 0.265. The van der Waals surface area contributed by atoms with E-state index >= 15 is 0 Å². The zero-order valence-electron chi connectivity index (χ0n) is 12.7. The largest absolute Gasteiger partial charge is 0.467 e. The molecule has 1 amide bonds. The molecule has 0 atom stereocenters. The van der Waals surface area contributed by atoms with Gasteiger partial charge in [0.25, 0.3) is 5.91 Å². The van der Waals surface area contributed by atoms with Gasteiger partial charge in [0.1, 0.15) is 5.76 Å². The van der Waals surface area contributed by atoms with Crippen molar-refractivity contribution in [1.82, 2.24) is 5.32 Å². The SMILES string of the molecule is CSc1ccc(/C=C/C(=O)OCC(=O)NCc2ccco2)cc1. The van der Waals surface area contributed by atoms with Crippen molar-refractivity contribution in [1.29, 1.82) is 0 Å². The second-order valence-corrected chi connectivity index (χ2v) is 5.45. The zero-order valence-corrected chi connectivity index (χ0v) is 13.5. The van der Waals surface area contributed by atoms with Gasteiger partial charge in [-0.25, -0.2) is 4.79 Å². The Bertz CT molecular complexity index is 662. The van der Waals surface area contributed by atoms with E-state index in [-0.39, 0.29) is 19.1 Å². The Balaban J connectivity index is 1.71. The van der Waals surface area contributed by atoms with Crippen molar-refractivity contribution in [2.24, 2.45) is 0 Å². The number of nitrogens with one attached hydrogen (secondary N) is 1. The zero-order chi connectivity index (χ0) is 16.5. The molecule has 0 aliphatic carbocycles. The highest BCUT2D eigenvalue weighted by Gasteiger charge is 2.05. The lowest BCUT2D eigenvalue weighted by molar-refractivity contribution is -0.143. The number of benzene rings is 1. The molecule has 0 unspecified atom stereocenters. The lowest BCUT2D eigenvalue weighted by Crippen LogP contribution is -2.27. The molecule has 0 spiro atoms. The molecule has 2 rings (SSSR count). The highest BCUT2D eigenvalue weighted by molar-refractivity contribution is 7.98. The number of thioether (sulfide) groups is 1. The minimum atomic E-state index is -0.563. The molecule has 6 heteroatoms. The van der Waals surface area contributed by atoms with Gasteiger partial charge in [0.15, 0.2) is 6.61 Å². The third kappa shape index (κ3) is 6.04. The Hall–Kier alpha value is -2.47. The minimum Gasteiger partial charge on any atom is -0.467 e. The van der Waals surface area contributed by atoms with Gasteiger partial charge >= 0.3 is 5.97 Å². The number of carbonyl (C=O) groups excluding carboxylic acids is 2. The van der Waals surface area contributed by atoms with Crippen LogP contribution in [-0.2, 0) is 20.9 Å². The topological polar surface area (TPSA) is 68.5 Å². The molecule has 0 saturated carbocycles. The monoisotopic (exact) mass is 331 g/mol. The Morgan fingerprint density at radius 1 is 1.26 bits per heavy atom. The molecule has 0 aliphatic heterocycles. The predicted octanol–water partition coefficient (Wildman–Crippen LogP) is 2.87. The Morgan fingerprint density at radius 3 is 2.70 bits per heavy atom. The quantitative estimate of drug-likeness (QED) is 0.480. The molecule has 0 fully saturated rings. The predicted molar refractivity (Wildman–Crippen MR) is 88.8 cm³/mol. The van der Waals surface area contributed by atoms with Crippen molar-refractivity contribution in [2.45, 2.75) is 11.4 Å². The highest BCUT2D eigenvalue weighted by Crippen LogP contribution is 2.15.